The molecule has 3 rings (SSSR count). The number of piperidine rings is 1. The number of ether oxygens (including phenoxy) is 2. The van der Waals surface area contributed by atoms with Gasteiger partial charge in [-0.05, 0) is 31.5 Å². The summed E-state index contributed by atoms with van der Waals surface area (Å²) in [5, 5.41) is 6.06. The van der Waals surface area contributed by atoms with Crippen molar-refractivity contribution in [1.29, 1.82) is 0 Å². The van der Waals surface area contributed by atoms with Crippen LogP contribution < -0.4 is 20.1 Å². The summed E-state index contributed by atoms with van der Waals surface area (Å²) in [6.45, 7) is 5.74. The molecule has 2 aliphatic heterocycles. The minimum absolute atomic E-state index is 0.00396. The molecule has 0 radical (unpaired) electrons. The van der Waals surface area contributed by atoms with Crippen LogP contribution in [0.15, 0.2) is 23.1 Å². The van der Waals surface area contributed by atoms with Gasteiger partial charge in [-0.1, -0.05) is 6.92 Å². The van der Waals surface area contributed by atoms with Gasteiger partial charge in [0.2, 0.25) is 15.9 Å². The van der Waals surface area contributed by atoms with Gasteiger partial charge in [0.15, 0.2) is 11.5 Å². The second kappa shape index (κ2) is 8.90. The van der Waals surface area contributed by atoms with Gasteiger partial charge in [-0.15, -0.1) is 0 Å². The predicted molar refractivity (Wildman–Crippen MR) is 100 cm³/mol. The fourth-order valence-corrected chi connectivity index (χ4v) is 4.77. The number of fused-ring (bicyclic) bond motifs is 1. The van der Waals surface area contributed by atoms with E-state index in [-0.39, 0.29) is 16.7 Å². The van der Waals surface area contributed by atoms with Crippen LogP contribution in [0.3, 0.4) is 0 Å². The normalized spacial score (nSPS) is 18.3. The van der Waals surface area contributed by atoms with Crippen molar-refractivity contribution in [2.45, 2.75) is 24.7 Å². The molecular formula is C18H27N3O5S. The number of amides is 1. The molecule has 2 N–H and O–H groups in total. The van der Waals surface area contributed by atoms with Crippen molar-refractivity contribution >= 4 is 15.9 Å². The lowest BCUT2D eigenvalue weighted by molar-refractivity contribution is -0.126. The molecule has 0 aromatic heterocycles. The summed E-state index contributed by atoms with van der Waals surface area (Å²) in [7, 11) is -3.61. The van der Waals surface area contributed by atoms with E-state index in [1.165, 1.54) is 10.4 Å². The van der Waals surface area contributed by atoms with Gasteiger partial charge in [0.1, 0.15) is 13.2 Å². The van der Waals surface area contributed by atoms with Crippen LogP contribution in [0.4, 0.5) is 0 Å². The molecule has 0 bridgehead atoms. The van der Waals surface area contributed by atoms with Gasteiger partial charge in [0.25, 0.3) is 0 Å². The van der Waals surface area contributed by atoms with Crippen molar-refractivity contribution < 1.29 is 22.7 Å². The first kappa shape index (κ1) is 19.9. The van der Waals surface area contributed by atoms with Crippen molar-refractivity contribution in [3.63, 3.8) is 0 Å². The van der Waals surface area contributed by atoms with E-state index in [2.05, 4.69) is 10.6 Å². The molecule has 0 unspecified atom stereocenters. The van der Waals surface area contributed by atoms with Crippen LogP contribution in [-0.2, 0) is 14.8 Å². The molecule has 1 saturated heterocycles. The standard InChI is InChI=1S/C18H27N3O5S/c1-2-19-7-8-20-18(22)14-5-9-21(10-6-14)27(23,24)15-3-4-16-17(13-15)26-12-11-25-16/h3-4,13-14,19H,2,5-12H2,1H3,(H,20,22). The number of nitrogens with one attached hydrogen (secondary N) is 2. The largest absolute Gasteiger partial charge is 0.486 e. The van der Waals surface area contributed by atoms with Crippen LogP contribution in [-0.4, -0.2) is 64.6 Å². The highest BCUT2D eigenvalue weighted by atomic mass is 32.2. The average Bonchev–Trinajstić information content (AvgIpc) is 2.70. The zero-order chi connectivity index (χ0) is 19.3. The third-order valence-electron chi connectivity index (χ3n) is 4.83. The Morgan fingerprint density at radius 3 is 2.56 bits per heavy atom. The lowest BCUT2D eigenvalue weighted by atomic mass is 9.97. The maximum Gasteiger partial charge on any atom is 0.243 e. The number of hydrogen-bond acceptors (Lipinski definition) is 6. The van der Waals surface area contributed by atoms with E-state index in [9.17, 15) is 13.2 Å². The van der Waals surface area contributed by atoms with Crippen molar-refractivity contribution in [3.8, 4) is 11.5 Å². The van der Waals surface area contributed by atoms with Gasteiger partial charge in [0, 0.05) is 38.2 Å². The van der Waals surface area contributed by atoms with Crippen LogP contribution in [0.25, 0.3) is 0 Å². The van der Waals surface area contributed by atoms with Crippen LogP contribution in [0.5, 0.6) is 11.5 Å². The van der Waals surface area contributed by atoms with Crippen LogP contribution in [0, 0.1) is 5.92 Å². The van der Waals surface area contributed by atoms with Gasteiger partial charge in [-0.3, -0.25) is 4.79 Å². The predicted octanol–water partition coefficient (Wildman–Crippen LogP) is 0.584. The van der Waals surface area contributed by atoms with Crippen molar-refractivity contribution in [1.82, 2.24) is 14.9 Å². The van der Waals surface area contributed by atoms with E-state index < -0.39 is 10.0 Å². The summed E-state index contributed by atoms with van der Waals surface area (Å²) in [5.41, 5.74) is 0. The number of sulfonamides is 1. The maximum absolute atomic E-state index is 12.9. The molecule has 0 atom stereocenters. The molecule has 1 aromatic rings. The van der Waals surface area contributed by atoms with Gasteiger partial charge in [-0.25, -0.2) is 8.42 Å². The minimum Gasteiger partial charge on any atom is -0.486 e. The summed E-state index contributed by atoms with van der Waals surface area (Å²) < 4.78 is 38.2. The topological polar surface area (TPSA) is 97.0 Å². The summed E-state index contributed by atoms with van der Waals surface area (Å²) in [6, 6.07) is 4.69. The molecule has 0 saturated carbocycles. The fourth-order valence-electron chi connectivity index (χ4n) is 3.29. The third-order valence-corrected chi connectivity index (χ3v) is 6.72. The summed E-state index contributed by atoms with van der Waals surface area (Å²) >= 11 is 0. The number of benzene rings is 1. The summed E-state index contributed by atoms with van der Waals surface area (Å²) in [6.07, 6.45) is 1.05. The average molecular weight is 397 g/mol. The maximum atomic E-state index is 12.9. The van der Waals surface area contributed by atoms with Gasteiger partial charge in [-0.2, -0.15) is 4.31 Å². The second-order valence-electron chi connectivity index (χ2n) is 6.63. The lowest BCUT2D eigenvalue weighted by Crippen LogP contribution is -2.44. The molecule has 150 valence electrons. The number of hydrogen-bond donors (Lipinski definition) is 2. The molecular weight excluding hydrogens is 370 g/mol. The molecule has 1 amide bonds. The minimum atomic E-state index is -3.61. The SMILES string of the molecule is CCNCCNC(=O)C1CCN(S(=O)(=O)c2ccc3c(c2)OCCO3)CC1. The molecule has 1 aromatic carbocycles. The van der Waals surface area contributed by atoms with E-state index in [0.717, 1.165) is 13.1 Å². The monoisotopic (exact) mass is 397 g/mol. The first-order valence-electron chi connectivity index (χ1n) is 9.40. The Hall–Kier alpha value is -1.84. The first-order chi connectivity index (χ1) is 13.0. The molecule has 1 fully saturated rings. The van der Waals surface area contributed by atoms with E-state index in [1.807, 2.05) is 6.92 Å². The highest BCUT2D eigenvalue weighted by Gasteiger charge is 2.32. The molecule has 9 heteroatoms. The van der Waals surface area contributed by atoms with Gasteiger partial charge >= 0.3 is 0 Å². The zero-order valence-corrected chi connectivity index (χ0v) is 16.4. The molecule has 2 heterocycles. The Bertz CT molecular complexity index is 760. The molecule has 0 spiro atoms. The Balaban J connectivity index is 1.57. The second-order valence-corrected chi connectivity index (χ2v) is 8.57. The molecule has 0 aliphatic carbocycles. The van der Waals surface area contributed by atoms with Crippen molar-refractivity contribution in [2.24, 2.45) is 5.92 Å². The Morgan fingerprint density at radius 1 is 1.15 bits per heavy atom. The van der Waals surface area contributed by atoms with Crippen molar-refractivity contribution in [2.75, 3.05) is 45.9 Å². The summed E-state index contributed by atoms with van der Waals surface area (Å²) in [5.74, 6) is 0.882. The fraction of sp³-hybridized carbons (Fsp3) is 0.611. The molecule has 2 aliphatic rings. The van der Waals surface area contributed by atoms with Crippen LogP contribution >= 0.6 is 0 Å². The number of nitrogens with zero attached hydrogens (tertiary/aromatic N) is 1. The Kier molecular flexibility index (Phi) is 6.56. The highest BCUT2D eigenvalue weighted by Crippen LogP contribution is 2.34. The number of carbonyl (C=O) groups excluding carboxylic acids is 1. The number of likely N-dealkylation sites (N-methyl/N-ethyl adjacent to an activating group) is 1. The van der Waals surface area contributed by atoms with Crippen molar-refractivity contribution in [3.05, 3.63) is 18.2 Å². The van der Waals surface area contributed by atoms with Crippen LogP contribution in [0.2, 0.25) is 0 Å². The lowest BCUT2D eigenvalue weighted by Gasteiger charge is -2.30. The van der Waals surface area contributed by atoms with Gasteiger partial charge < -0.3 is 20.1 Å². The first-order valence-corrected chi connectivity index (χ1v) is 10.8. The van der Waals surface area contributed by atoms with E-state index in [1.54, 1.807) is 12.1 Å². The van der Waals surface area contributed by atoms with E-state index >= 15 is 0 Å². The highest BCUT2D eigenvalue weighted by molar-refractivity contribution is 7.89. The van der Waals surface area contributed by atoms with Gasteiger partial charge in [0.05, 0.1) is 4.90 Å². The number of rotatable bonds is 7. The zero-order valence-electron chi connectivity index (χ0n) is 15.6. The molecule has 8 nitrogen and oxygen atoms in total. The van der Waals surface area contributed by atoms with E-state index in [4.69, 9.17) is 9.47 Å². The summed E-state index contributed by atoms with van der Waals surface area (Å²) in [4.78, 5) is 12.4. The van der Waals surface area contributed by atoms with E-state index in [0.29, 0.717) is 57.2 Å². The molecule has 27 heavy (non-hydrogen) atoms. The number of carbonyl (C=O) groups is 1. The Morgan fingerprint density at radius 2 is 1.85 bits per heavy atom. The quantitative estimate of drug-likeness (QED) is 0.654. The third kappa shape index (κ3) is 4.72. The van der Waals surface area contributed by atoms with Crippen LogP contribution in [0.1, 0.15) is 19.8 Å². The smallest absolute Gasteiger partial charge is 0.243 e. The Labute approximate surface area is 160 Å².